The van der Waals surface area contributed by atoms with Crippen molar-refractivity contribution in [3.63, 3.8) is 0 Å². The number of carbonyl (C=O) groups is 1. The van der Waals surface area contributed by atoms with E-state index in [0.717, 1.165) is 18.6 Å². The molecule has 1 amide bonds. The van der Waals surface area contributed by atoms with Gasteiger partial charge in [0.05, 0.1) is 6.10 Å². The first kappa shape index (κ1) is 11.8. The number of hydrogen-bond donors (Lipinski definition) is 2. The van der Waals surface area contributed by atoms with Crippen LogP contribution < -0.4 is 11.1 Å². The molecule has 1 rings (SSSR count). The molecule has 4 nitrogen and oxygen atoms in total. The fourth-order valence-electron chi connectivity index (χ4n) is 1.46. The average Bonchev–Trinajstić information content (AvgIpc) is 2.66. The fourth-order valence-corrected chi connectivity index (χ4v) is 1.77. The summed E-state index contributed by atoms with van der Waals surface area (Å²) in [6.07, 6.45) is 3.52. The van der Waals surface area contributed by atoms with Gasteiger partial charge in [0.2, 0.25) is 5.91 Å². The van der Waals surface area contributed by atoms with Crippen molar-refractivity contribution in [2.24, 2.45) is 5.73 Å². The zero-order valence-electron chi connectivity index (χ0n) is 8.49. The van der Waals surface area contributed by atoms with Crippen molar-refractivity contribution < 1.29 is 9.53 Å². The number of nitrogens with two attached hydrogens (primary N) is 1. The highest BCUT2D eigenvalue weighted by Crippen LogP contribution is 2.18. The van der Waals surface area contributed by atoms with Crippen LogP contribution >= 0.6 is 11.8 Å². The van der Waals surface area contributed by atoms with Crippen LogP contribution in [-0.2, 0) is 9.53 Å². The van der Waals surface area contributed by atoms with E-state index in [1.807, 2.05) is 6.26 Å². The SMILES string of the molecule is CSCCNC(=O)C1CCC(CN)O1. The van der Waals surface area contributed by atoms with E-state index in [-0.39, 0.29) is 18.1 Å². The number of thioether (sulfide) groups is 1. The molecule has 0 aliphatic carbocycles. The van der Waals surface area contributed by atoms with E-state index in [4.69, 9.17) is 10.5 Å². The predicted octanol–water partition coefficient (Wildman–Crippen LogP) is -0.0281. The van der Waals surface area contributed by atoms with E-state index in [2.05, 4.69) is 5.32 Å². The number of amides is 1. The van der Waals surface area contributed by atoms with E-state index in [9.17, 15) is 4.79 Å². The molecule has 0 aromatic rings. The minimum Gasteiger partial charge on any atom is -0.364 e. The quantitative estimate of drug-likeness (QED) is 0.636. The van der Waals surface area contributed by atoms with Gasteiger partial charge in [0.1, 0.15) is 6.10 Å². The molecular weight excluding hydrogens is 200 g/mol. The van der Waals surface area contributed by atoms with Crippen LogP contribution in [0.25, 0.3) is 0 Å². The largest absolute Gasteiger partial charge is 0.364 e. The summed E-state index contributed by atoms with van der Waals surface area (Å²) in [6.45, 7) is 1.22. The first-order valence-corrected chi connectivity index (χ1v) is 6.29. The van der Waals surface area contributed by atoms with Gasteiger partial charge < -0.3 is 15.8 Å². The van der Waals surface area contributed by atoms with Gasteiger partial charge in [-0.15, -0.1) is 0 Å². The monoisotopic (exact) mass is 218 g/mol. The first-order chi connectivity index (χ1) is 6.77. The van der Waals surface area contributed by atoms with Crippen LogP contribution in [-0.4, -0.2) is 43.2 Å². The molecule has 3 N–H and O–H groups in total. The molecule has 1 heterocycles. The summed E-state index contributed by atoms with van der Waals surface area (Å²) in [5.41, 5.74) is 5.46. The van der Waals surface area contributed by atoms with Crippen molar-refractivity contribution in [1.29, 1.82) is 0 Å². The smallest absolute Gasteiger partial charge is 0.249 e. The fraction of sp³-hybridized carbons (Fsp3) is 0.889. The van der Waals surface area contributed by atoms with Crippen LogP contribution in [0.5, 0.6) is 0 Å². The van der Waals surface area contributed by atoms with Crippen molar-refractivity contribution in [3.8, 4) is 0 Å². The molecule has 1 fully saturated rings. The third kappa shape index (κ3) is 3.48. The third-order valence-electron chi connectivity index (χ3n) is 2.27. The first-order valence-electron chi connectivity index (χ1n) is 4.90. The maximum Gasteiger partial charge on any atom is 0.249 e. The van der Waals surface area contributed by atoms with Gasteiger partial charge in [0.15, 0.2) is 0 Å². The minimum absolute atomic E-state index is 0.00926. The van der Waals surface area contributed by atoms with Gasteiger partial charge in [-0.05, 0) is 19.1 Å². The molecule has 0 bridgehead atoms. The third-order valence-corrected chi connectivity index (χ3v) is 2.88. The molecule has 82 valence electrons. The second-order valence-corrected chi connectivity index (χ2v) is 4.33. The second-order valence-electron chi connectivity index (χ2n) is 3.34. The van der Waals surface area contributed by atoms with Crippen LogP contribution in [0.1, 0.15) is 12.8 Å². The zero-order chi connectivity index (χ0) is 10.4. The maximum absolute atomic E-state index is 11.5. The van der Waals surface area contributed by atoms with Crippen LogP contribution in [0, 0.1) is 0 Å². The van der Waals surface area contributed by atoms with E-state index in [0.29, 0.717) is 13.1 Å². The summed E-state index contributed by atoms with van der Waals surface area (Å²) in [5.74, 6) is 0.952. The summed E-state index contributed by atoms with van der Waals surface area (Å²) in [7, 11) is 0. The highest BCUT2D eigenvalue weighted by atomic mass is 32.2. The lowest BCUT2D eigenvalue weighted by molar-refractivity contribution is -0.131. The van der Waals surface area contributed by atoms with Gasteiger partial charge in [-0.3, -0.25) is 4.79 Å². The lowest BCUT2D eigenvalue weighted by Crippen LogP contribution is -2.36. The number of carbonyl (C=O) groups excluding carboxylic acids is 1. The number of ether oxygens (including phenoxy) is 1. The Morgan fingerprint density at radius 3 is 3.00 bits per heavy atom. The highest BCUT2D eigenvalue weighted by Gasteiger charge is 2.29. The molecule has 1 aliphatic rings. The summed E-state index contributed by atoms with van der Waals surface area (Å²) >= 11 is 1.72. The molecule has 1 saturated heterocycles. The average molecular weight is 218 g/mol. The number of hydrogen-bond acceptors (Lipinski definition) is 4. The normalized spacial score (nSPS) is 26.4. The Kier molecular flexibility index (Phi) is 5.29. The van der Waals surface area contributed by atoms with Gasteiger partial charge in [0, 0.05) is 18.8 Å². The lowest BCUT2D eigenvalue weighted by atomic mass is 10.2. The van der Waals surface area contributed by atoms with Crippen LogP contribution in [0.3, 0.4) is 0 Å². The number of nitrogens with one attached hydrogen (secondary N) is 1. The summed E-state index contributed by atoms with van der Waals surface area (Å²) in [6, 6.07) is 0. The molecule has 5 heteroatoms. The lowest BCUT2D eigenvalue weighted by Gasteiger charge is -2.12. The summed E-state index contributed by atoms with van der Waals surface area (Å²) in [4.78, 5) is 11.5. The van der Waals surface area contributed by atoms with E-state index >= 15 is 0 Å². The summed E-state index contributed by atoms with van der Waals surface area (Å²) in [5, 5.41) is 2.84. The predicted molar refractivity (Wildman–Crippen MR) is 58.3 cm³/mol. The van der Waals surface area contributed by atoms with Gasteiger partial charge in [-0.2, -0.15) is 11.8 Å². The molecule has 2 atom stereocenters. The van der Waals surface area contributed by atoms with Crippen LogP contribution in [0.15, 0.2) is 0 Å². The van der Waals surface area contributed by atoms with Crippen molar-refractivity contribution in [2.45, 2.75) is 25.0 Å². The molecule has 14 heavy (non-hydrogen) atoms. The van der Waals surface area contributed by atoms with Crippen molar-refractivity contribution in [2.75, 3.05) is 25.1 Å². The highest BCUT2D eigenvalue weighted by molar-refractivity contribution is 7.98. The van der Waals surface area contributed by atoms with E-state index in [1.54, 1.807) is 11.8 Å². The van der Waals surface area contributed by atoms with Gasteiger partial charge in [-0.25, -0.2) is 0 Å². The molecule has 0 radical (unpaired) electrons. The van der Waals surface area contributed by atoms with Crippen molar-refractivity contribution in [1.82, 2.24) is 5.32 Å². The Bertz CT molecular complexity index is 190. The van der Waals surface area contributed by atoms with E-state index < -0.39 is 0 Å². The van der Waals surface area contributed by atoms with Crippen molar-refractivity contribution in [3.05, 3.63) is 0 Å². The Balaban J connectivity index is 2.18. The standard InChI is InChI=1S/C9H18N2O2S/c1-14-5-4-11-9(12)8-3-2-7(6-10)13-8/h7-8H,2-6,10H2,1H3,(H,11,12). The molecule has 0 saturated carbocycles. The summed E-state index contributed by atoms with van der Waals surface area (Å²) < 4.78 is 5.46. The van der Waals surface area contributed by atoms with Gasteiger partial charge in [-0.1, -0.05) is 0 Å². The van der Waals surface area contributed by atoms with Gasteiger partial charge in [0.25, 0.3) is 0 Å². The number of rotatable bonds is 5. The maximum atomic E-state index is 11.5. The Hall–Kier alpha value is -0.260. The Morgan fingerprint density at radius 2 is 2.43 bits per heavy atom. The van der Waals surface area contributed by atoms with Gasteiger partial charge >= 0.3 is 0 Å². The Morgan fingerprint density at radius 1 is 1.64 bits per heavy atom. The molecule has 0 aromatic carbocycles. The van der Waals surface area contributed by atoms with Crippen LogP contribution in [0.2, 0.25) is 0 Å². The second kappa shape index (κ2) is 6.27. The minimum atomic E-state index is -0.273. The zero-order valence-corrected chi connectivity index (χ0v) is 9.31. The van der Waals surface area contributed by atoms with Crippen molar-refractivity contribution >= 4 is 17.7 Å². The molecular formula is C9H18N2O2S. The molecule has 0 aromatic heterocycles. The van der Waals surface area contributed by atoms with Crippen LogP contribution in [0.4, 0.5) is 0 Å². The molecule has 1 aliphatic heterocycles. The molecule has 0 spiro atoms. The van der Waals surface area contributed by atoms with E-state index in [1.165, 1.54) is 0 Å². The molecule has 2 unspecified atom stereocenters. The Labute approximate surface area is 88.9 Å². The topological polar surface area (TPSA) is 64.4 Å².